The van der Waals surface area contributed by atoms with Gasteiger partial charge in [-0.05, 0) is 47.8 Å². The topological polar surface area (TPSA) is 61.4 Å². The van der Waals surface area contributed by atoms with Crippen molar-refractivity contribution in [2.45, 2.75) is 11.4 Å². The summed E-state index contributed by atoms with van der Waals surface area (Å²) >= 11 is 1.61. The van der Waals surface area contributed by atoms with Crippen molar-refractivity contribution in [1.29, 1.82) is 0 Å². The third-order valence-corrected chi connectivity index (χ3v) is 6.58. The van der Waals surface area contributed by atoms with Crippen molar-refractivity contribution < 1.29 is 4.79 Å². The SMILES string of the molecule is CN1CCN(c2ccnc3ccc(-c4cccc(SNCc5ccccc5)c4)nc23)CC1=O. The number of fused-ring (bicyclic) bond motifs is 1. The summed E-state index contributed by atoms with van der Waals surface area (Å²) in [5.74, 6) is 0.120. The van der Waals surface area contributed by atoms with Gasteiger partial charge in [0.25, 0.3) is 0 Å². The number of benzene rings is 2. The van der Waals surface area contributed by atoms with E-state index in [1.165, 1.54) is 5.56 Å². The molecule has 1 N–H and O–H groups in total. The molecule has 1 aliphatic heterocycles. The average Bonchev–Trinajstić information content (AvgIpc) is 2.86. The van der Waals surface area contributed by atoms with E-state index in [1.807, 2.05) is 31.3 Å². The van der Waals surface area contributed by atoms with E-state index in [-0.39, 0.29) is 5.91 Å². The monoisotopic (exact) mass is 455 g/mol. The quantitative estimate of drug-likeness (QED) is 0.436. The van der Waals surface area contributed by atoms with Gasteiger partial charge in [0, 0.05) is 43.3 Å². The van der Waals surface area contributed by atoms with Crippen LogP contribution in [0.2, 0.25) is 0 Å². The molecule has 1 fully saturated rings. The van der Waals surface area contributed by atoms with E-state index in [4.69, 9.17) is 4.98 Å². The first-order valence-electron chi connectivity index (χ1n) is 11.0. The number of nitrogens with one attached hydrogen (secondary N) is 1. The molecule has 3 heterocycles. The molecule has 0 radical (unpaired) electrons. The van der Waals surface area contributed by atoms with Crippen molar-refractivity contribution >= 4 is 34.6 Å². The van der Waals surface area contributed by atoms with E-state index < -0.39 is 0 Å². The molecule has 4 aromatic rings. The van der Waals surface area contributed by atoms with Gasteiger partial charge in [0.15, 0.2) is 0 Å². The number of amides is 1. The smallest absolute Gasteiger partial charge is 0.241 e. The molecule has 5 rings (SSSR count). The highest BCUT2D eigenvalue weighted by atomic mass is 32.2. The Morgan fingerprint density at radius 3 is 2.73 bits per heavy atom. The lowest BCUT2D eigenvalue weighted by atomic mass is 10.1. The maximum Gasteiger partial charge on any atom is 0.241 e. The normalized spacial score (nSPS) is 14.2. The maximum atomic E-state index is 12.3. The number of carbonyl (C=O) groups is 1. The van der Waals surface area contributed by atoms with Gasteiger partial charge in [0.1, 0.15) is 5.52 Å². The fourth-order valence-electron chi connectivity index (χ4n) is 3.91. The van der Waals surface area contributed by atoms with Gasteiger partial charge in [-0.2, -0.15) is 0 Å². The minimum absolute atomic E-state index is 0.120. The van der Waals surface area contributed by atoms with Crippen molar-refractivity contribution in [3.63, 3.8) is 0 Å². The van der Waals surface area contributed by atoms with Crippen LogP contribution in [-0.2, 0) is 11.3 Å². The minimum atomic E-state index is 0.120. The highest BCUT2D eigenvalue weighted by molar-refractivity contribution is 7.97. The first-order chi connectivity index (χ1) is 16.2. The van der Waals surface area contributed by atoms with Gasteiger partial charge in [0.2, 0.25) is 5.91 Å². The Labute approximate surface area is 197 Å². The summed E-state index contributed by atoms with van der Waals surface area (Å²) in [6.07, 6.45) is 1.79. The fourth-order valence-corrected chi connectivity index (χ4v) is 4.65. The molecule has 0 aliphatic carbocycles. The van der Waals surface area contributed by atoms with Gasteiger partial charge in [-0.25, -0.2) is 4.98 Å². The molecule has 0 atom stereocenters. The average molecular weight is 456 g/mol. The number of aromatic nitrogens is 2. The number of anilines is 1. The Morgan fingerprint density at radius 1 is 1.00 bits per heavy atom. The number of likely N-dealkylation sites (N-methyl/N-ethyl adjacent to an activating group) is 1. The highest BCUT2D eigenvalue weighted by Gasteiger charge is 2.23. The molecule has 2 aromatic carbocycles. The van der Waals surface area contributed by atoms with E-state index in [1.54, 1.807) is 23.0 Å². The maximum absolute atomic E-state index is 12.3. The third kappa shape index (κ3) is 4.84. The molecular weight excluding hydrogens is 430 g/mol. The Morgan fingerprint density at radius 2 is 1.88 bits per heavy atom. The number of piperazine rings is 1. The Hall–Kier alpha value is -3.42. The summed E-state index contributed by atoms with van der Waals surface area (Å²) in [5, 5.41) is 0. The van der Waals surface area contributed by atoms with Gasteiger partial charge in [0.05, 0.1) is 23.4 Å². The Bertz CT molecular complexity index is 1280. The van der Waals surface area contributed by atoms with Crippen molar-refractivity contribution in [3.8, 4) is 11.3 Å². The van der Waals surface area contributed by atoms with Crippen LogP contribution in [0.5, 0.6) is 0 Å². The highest BCUT2D eigenvalue weighted by Crippen LogP contribution is 2.29. The second-order valence-corrected chi connectivity index (χ2v) is 9.03. The molecule has 0 spiro atoms. The minimum Gasteiger partial charge on any atom is -0.359 e. The van der Waals surface area contributed by atoms with Gasteiger partial charge in [-0.15, -0.1) is 0 Å². The summed E-state index contributed by atoms with van der Waals surface area (Å²) in [5.41, 5.74) is 5.80. The van der Waals surface area contributed by atoms with Gasteiger partial charge >= 0.3 is 0 Å². The van der Waals surface area contributed by atoms with E-state index in [2.05, 4.69) is 63.1 Å². The second kappa shape index (κ2) is 9.60. The molecule has 1 saturated heterocycles. The number of hydrogen-bond donors (Lipinski definition) is 1. The zero-order valence-corrected chi connectivity index (χ0v) is 19.3. The first kappa shape index (κ1) is 21.4. The van der Waals surface area contributed by atoms with Crippen LogP contribution in [0.15, 0.2) is 83.9 Å². The molecule has 0 saturated carbocycles. The second-order valence-electron chi connectivity index (χ2n) is 8.07. The van der Waals surface area contributed by atoms with Gasteiger partial charge in [-0.1, -0.05) is 42.5 Å². The standard InChI is InChI=1S/C26H25N5OS/c1-30-14-15-31(18-25(30)32)24-12-13-27-23-11-10-22(29-26(23)24)20-8-5-9-21(16-20)33-28-17-19-6-3-2-4-7-19/h2-13,16,28H,14-15,17-18H2,1H3. The number of carbonyl (C=O) groups excluding carboxylic acids is 1. The largest absolute Gasteiger partial charge is 0.359 e. The summed E-state index contributed by atoms with van der Waals surface area (Å²) < 4.78 is 3.43. The van der Waals surface area contributed by atoms with Crippen LogP contribution in [0.3, 0.4) is 0 Å². The zero-order chi connectivity index (χ0) is 22.6. The van der Waals surface area contributed by atoms with E-state index in [9.17, 15) is 4.79 Å². The van der Waals surface area contributed by atoms with Crippen LogP contribution in [0.4, 0.5) is 5.69 Å². The van der Waals surface area contributed by atoms with Crippen molar-refractivity contribution in [3.05, 3.63) is 84.6 Å². The first-order valence-corrected chi connectivity index (χ1v) is 11.8. The lowest BCUT2D eigenvalue weighted by Gasteiger charge is -2.33. The molecule has 1 amide bonds. The third-order valence-electron chi connectivity index (χ3n) is 5.80. The molecule has 6 nitrogen and oxygen atoms in total. The summed E-state index contributed by atoms with van der Waals surface area (Å²) in [6, 6.07) is 24.7. The summed E-state index contributed by atoms with van der Waals surface area (Å²) in [7, 11) is 1.85. The van der Waals surface area contributed by atoms with Crippen molar-refractivity contribution in [2.24, 2.45) is 0 Å². The van der Waals surface area contributed by atoms with Gasteiger partial charge < -0.3 is 9.80 Å². The molecule has 7 heteroatoms. The van der Waals surface area contributed by atoms with Crippen LogP contribution in [-0.4, -0.2) is 47.5 Å². The molecule has 1 aliphatic rings. The number of rotatable bonds is 6. The molecule has 166 valence electrons. The van der Waals surface area contributed by atoms with E-state index in [0.717, 1.165) is 46.0 Å². The molecule has 2 aromatic heterocycles. The van der Waals surface area contributed by atoms with Crippen LogP contribution >= 0.6 is 11.9 Å². The number of nitrogens with zero attached hydrogens (tertiary/aromatic N) is 4. The lowest BCUT2D eigenvalue weighted by molar-refractivity contribution is -0.129. The Balaban J connectivity index is 1.38. The fraction of sp³-hybridized carbons (Fsp3) is 0.192. The zero-order valence-electron chi connectivity index (χ0n) is 18.4. The van der Waals surface area contributed by atoms with Crippen molar-refractivity contribution in [2.75, 3.05) is 31.6 Å². The van der Waals surface area contributed by atoms with Crippen LogP contribution < -0.4 is 9.62 Å². The predicted molar refractivity (Wildman–Crippen MR) is 134 cm³/mol. The summed E-state index contributed by atoms with van der Waals surface area (Å²) in [4.78, 5) is 26.7. The van der Waals surface area contributed by atoms with Crippen LogP contribution in [0, 0.1) is 0 Å². The summed E-state index contributed by atoms with van der Waals surface area (Å²) in [6.45, 7) is 2.65. The van der Waals surface area contributed by atoms with Crippen molar-refractivity contribution in [1.82, 2.24) is 19.6 Å². The Kier molecular flexibility index (Phi) is 6.24. The molecule has 0 unspecified atom stereocenters. The van der Waals surface area contributed by atoms with Gasteiger partial charge in [-0.3, -0.25) is 14.5 Å². The molecular formula is C26H25N5OS. The number of hydrogen-bond acceptors (Lipinski definition) is 6. The molecule has 33 heavy (non-hydrogen) atoms. The predicted octanol–water partition coefficient (Wildman–Crippen LogP) is 4.37. The van der Waals surface area contributed by atoms with Crippen LogP contribution in [0.25, 0.3) is 22.3 Å². The molecule has 0 bridgehead atoms. The lowest BCUT2D eigenvalue weighted by Crippen LogP contribution is -2.48. The van der Waals surface area contributed by atoms with E-state index >= 15 is 0 Å². The number of pyridine rings is 2. The van der Waals surface area contributed by atoms with Crippen LogP contribution in [0.1, 0.15) is 5.56 Å². The van der Waals surface area contributed by atoms with E-state index in [0.29, 0.717) is 13.1 Å².